The number of rotatable bonds is 4. The van der Waals surface area contributed by atoms with Crippen molar-refractivity contribution in [3.05, 3.63) is 0 Å². The van der Waals surface area contributed by atoms with Crippen LogP contribution in [-0.2, 0) is 4.74 Å². The van der Waals surface area contributed by atoms with E-state index in [9.17, 15) is 4.79 Å². The molecule has 0 unspecified atom stereocenters. The number of methoxy groups -OCH3 is 1. The molecule has 0 rings (SSSR count). The van der Waals surface area contributed by atoms with Crippen LogP contribution in [0.15, 0.2) is 0 Å². The second-order valence-corrected chi connectivity index (χ2v) is 1.80. The number of hydrogen-bond acceptors (Lipinski definition) is 3. The van der Waals surface area contributed by atoms with Crippen molar-refractivity contribution >= 4 is 6.09 Å². The first-order chi connectivity index (χ1) is 5.31. The summed E-state index contributed by atoms with van der Waals surface area (Å²) in [4.78, 5) is 10.4. The molecule has 0 radical (unpaired) electrons. The number of ether oxygens (including phenoxy) is 1. The van der Waals surface area contributed by atoms with Crippen molar-refractivity contribution in [3.63, 3.8) is 0 Å². The molecule has 2 N–H and O–H groups in total. The largest absolute Gasteiger partial charge is 0.453 e. The Bertz CT molecular complexity index is 151. The number of terminal acetylenes is 1. The number of amides is 1. The molecule has 0 aliphatic carbocycles. The van der Waals surface area contributed by atoms with Crippen molar-refractivity contribution in [1.29, 1.82) is 0 Å². The predicted molar refractivity (Wildman–Crippen MR) is 42.1 cm³/mol. The lowest BCUT2D eigenvalue weighted by Gasteiger charge is -2.02. The zero-order valence-electron chi connectivity index (χ0n) is 6.52. The van der Waals surface area contributed by atoms with Gasteiger partial charge in [0.05, 0.1) is 13.7 Å². The van der Waals surface area contributed by atoms with Crippen molar-refractivity contribution in [2.75, 3.05) is 26.7 Å². The summed E-state index contributed by atoms with van der Waals surface area (Å²) in [5.41, 5.74) is 0. The second-order valence-electron chi connectivity index (χ2n) is 1.80. The monoisotopic (exact) mass is 156 g/mol. The van der Waals surface area contributed by atoms with Crippen LogP contribution in [-0.4, -0.2) is 32.8 Å². The minimum atomic E-state index is -0.424. The van der Waals surface area contributed by atoms with Crippen LogP contribution in [0.4, 0.5) is 4.79 Å². The predicted octanol–water partition coefficient (Wildman–Crippen LogP) is -0.435. The van der Waals surface area contributed by atoms with Gasteiger partial charge >= 0.3 is 6.09 Å². The smallest absolute Gasteiger partial charge is 0.406 e. The molecule has 4 heteroatoms. The lowest BCUT2D eigenvalue weighted by molar-refractivity contribution is 0.171. The average molecular weight is 156 g/mol. The Morgan fingerprint density at radius 1 is 1.64 bits per heavy atom. The molecule has 0 saturated carbocycles. The van der Waals surface area contributed by atoms with Crippen LogP contribution in [0.1, 0.15) is 0 Å². The number of hydrogen-bond donors (Lipinski definition) is 2. The molecule has 1 amide bonds. The summed E-state index contributed by atoms with van der Waals surface area (Å²) in [5.74, 6) is 2.41. The maximum Gasteiger partial charge on any atom is 0.406 e. The van der Waals surface area contributed by atoms with Crippen LogP contribution >= 0.6 is 0 Å². The summed E-state index contributed by atoms with van der Waals surface area (Å²) < 4.78 is 4.34. The zero-order valence-corrected chi connectivity index (χ0v) is 6.52. The van der Waals surface area contributed by atoms with Gasteiger partial charge in [0.2, 0.25) is 0 Å². The number of nitrogens with one attached hydrogen (secondary N) is 2. The molecule has 0 atom stereocenters. The van der Waals surface area contributed by atoms with Gasteiger partial charge in [-0.05, 0) is 0 Å². The first-order valence-corrected chi connectivity index (χ1v) is 3.27. The second kappa shape index (κ2) is 6.90. The summed E-state index contributed by atoms with van der Waals surface area (Å²) in [6, 6.07) is 0. The van der Waals surface area contributed by atoms with Crippen molar-refractivity contribution in [3.8, 4) is 12.3 Å². The normalized spacial score (nSPS) is 8.36. The molecule has 0 heterocycles. The number of carbonyl (C=O) groups is 1. The molecule has 11 heavy (non-hydrogen) atoms. The summed E-state index contributed by atoms with van der Waals surface area (Å²) in [6.45, 7) is 1.69. The van der Waals surface area contributed by atoms with Gasteiger partial charge < -0.3 is 15.4 Å². The van der Waals surface area contributed by atoms with E-state index < -0.39 is 6.09 Å². The highest BCUT2D eigenvalue weighted by molar-refractivity contribution is 5.66. The third-order valence-corrected chi connectivity index (χ3v) is 0.984. The third-order valence-electron chi connectivity index (χ3n) is 0.984. The van der Waals surface area contributed by atoms with Gasteiger partial charge in [0.1, 0.15) is 0 Å². The van der Waals surface area contributed by atoms with Crippen LogP contribution in [0.25, 0.3) is 0 Å². The molecular weight excluding hydrogens is 144 g/mol. The lowest BCUT2D eigenvalue weighted by atomic mass is 10.6. The fraction of sp³-hybridized carbons (Fsp3) is 0.571. The molecule has 0 aromatic carbocycles. The minimum Gasteiger partial charge on any atom is -0.453 e. The van der Waals surface area contributed by atoms with E-state index in [4.69, 9.17) is 6.42 Å². The van der Waals surface area contributed by atoms with Crippen molar-refractivity contribution < 1.29 is 9.53 Å². The van der Waals surface area contributed by atoms with Crippen molar-refractivity contribution in [1.82, 2.24) is 10.6 Å². The van der Waals surface area contributed by atoms with Gasteiger partial charge in [-0.3, -0.25) is 0 Å². The van der Waals surface area contributed by atoms with E-state index in [-0.39, 0.29) is 0 Å². The van der Waals surface area contributed by atoms with Crippen molar-refractivity contribution in [2.24, 2.45) is 0 Å². The van der Waals surface area contributed by atoms with Gasteiger partial charge in [-0.15, -0.1) is 6.42 Å². The van der Waals surface area contributed by atoms with E-state index >= 15 is 0 Å². The van der Waals surface area contributed by atoms with Crippen LogP contribution in [0.3, 0.4) is 0 Å². The molecule has 0 aliphatic rings. The van der Waals surface area contributed by atoms with Crippen LogP contribution in [0.5, 0.6) is 0 Å². The maximum atomic E-state index is 10.4. The first-order valence-electron chi connectivity index (χ1n) is 3.27. The molecule has 0 bridgehead atoms. The molecule has 0 saturated heterocycles. The van der Waals surface area contributed by atoms with E-state index in [1.54, 1.807) is 0 Å². The molecule has 0 aromatic heterocycles. The topological polar surface area (TPSA) is 50.4 Å². The zero-order chi connectivity index (χ0) is 8.53. The Kier molecular flexibility index (Phi) is 6.14. The van der Waals surface area contributed by atoms with Gasteiger partial charge in [0.25, 0.3) is 0 Å². The van der Waals surface area contributed by atoms with Gasteiger partial charge in [-0.2, -0.15) is 0 Å². The Labute approximate surface area is 66.3 Å². The standard InChI is InChI=1S/C7H12N2O2/c1-3-4-8-5-6-9-7(10)11-2/h1,8H,4-6H2,2H3,(H,9,10). The minimum absolute atomic E-state index is 0.424. The Balaban J connectivity index is 3.03. The van der Waals surface area contributed by atoms with Crippen LogP contribution in [0, 0.1) is 12.3 Å². The molecule has 0 aliphatic heterocycles. The quantitative estimate of drug-likeness (QED) is 0.429. The summed E-state index contributed by atoms with van der Waals surface area (Å²) in [7, 11) is 1.32. The van der Waals surface area contributed by atoms with Gasteiger partial charge in [-0.25, -0.2) is 4.79 Å². The number of alkyl carbamates (subject to hydrolysis) is 1. The SMILES string of the molecule is C#CCNCCNC(=O)OC. The highest BCUT2D eigenvalue weighted by atomic mass is 16.5. The maximum absolute atomic E-state index is 10.4. The molecule has 0 fully saturated rings. The van der Waals surface area contributed by atoms with Crippen molar-refractivity contribution in [2.45, 2.75) is 0 Å². The third kappa shape index (κ3) is 6.68. The summed E-state index contributed by atoms with van der Waals surface area (Å²) in [6.07, 6.45) is 4.55. The molecule has 4 nitrogen and oxygen atoms in total. The fourth-order valence-electron chi connectivity index (χ4n) is 0.486. The van der Waals surface area contributed by atoms with E-state index in [0.29, 0.717) is 19.6 Å². The van der Waals surface area contributed by atoms with Gasteiger partial charge in [-0.1, -0.05) is 5.92 Å². The summed E-state index contributed by atoms with van der Waals surface area (Å²) >= 11 is 0. The van der Waals surface area contributed by atoms with Gasteiger partial charge in [0, 0.05) is 13.1 Å². The van der Waals surface area contributed by atoms with Gasteiger partial charge in [0.15, 0.2) is 0 Å². The summed E-state index contributed by atoms with van der Waals surface area (Å²) in [5, 5.41) is 5.41. The fourth-order valence-corrected chi connectivity index (χ4v) is 0.486. The average Bonchev–Trinajstić information content (AvgIpc) is 2.04. The Morgan fingerprint density at radius 3 is 2.91 bits per heavy atom. The lowest BCUT2D eigenvalue weighted by Crippen LogP contribution is -2.31. The van der Waals surface area contributed by atoms with E-state index in [1.165, 1.54) is 7.11 Å². The van der Waals surface area contributed by atoms with E-state index in [0.717, 1.165) is 0 Å². The number of carbonyl (C=O) groups excluding carboxylic acids is 1. The Hall–Kier alpha value is -1.21. The van der Waals surface area contributed by atoms with Crippen LogP contribution < -0.4 is 10.6 Å². The molecular formula is C7H12N2O2. The molecule has 0 aromatic rings. The highest BCUT2D eigenvalue weighted by Gasteiger charge is 1.94. The molecule has 62 valence electrons. The first kappa shape index (κ1) is 9.79. The Morgan fingerprint density at radius 2 is 2.36 bits per heavy atom. The van der Waals surface area contributed by atoms with E-state index in [1.807, 2.05) is 0 Å². The van der Waals surface area contributed by atoms with E-state index in [2.05, 4.69) is 21.3 Å². The van der Waals surface area contributed by atoms with Crippen LogP contribution in [0.2, 0.25) is 0 Å². The molecule has 0 spiro atoms. The highest BCUT2D eigenvalue weighted by Crippen LogP contribution is 1.68.